The molecule has 0 aliphatic carbocycles. The number of nitrogens with zero attached hydrogens (tertiary/aromatic N) is 1. The molecule has 0 radical (unpaired) electrons. The van der Waals surface area contributed by atoms with Crippen molar-refractivity contribution in [1.82, 2.24) is 0 Å². The summed E-state index contributed by atoms with van der Waals surface area (Å²) in [6.07, 6.45) is -22.5. The Morgan fingerprint density at radius 2 is 0.742 bits per heavy atom. The quantitative estimate of drug-likeness (QED) is 0.0678. The van der Waals surface area contributed by atoms with E-state index in [4.69, 9.17) is 4.55 Å². The average molecular weight is 1050 g/mol. The minimum absolute atomic E-state index is 0.0711. The maximum Gasteiger partial charge on any atom is 0.460 e. The Morgan fingerprint density at radius 3 is 0.984 bits per heavy atom. The summed E-state index contributed by atoms with van der Waals surface area (Å²) in [5, 5.41) is 9.55. The molecule has 0 saturated heterocycles. The van der Waals surface area contributed by atoms with E-state index < -0.39 is 140 Å². The lowest BCUT2D eigenvalue weighted by atomic mass is 9.93. The van der Waals surface area contributed by atoms with Crippen LogP contribution in [-0.4, -0.2) is 155 Å². The summed E-state index contributed by atoms with van der Waals surface area (Å²) < 4.78 is 391. The second-order valence-corrected chi connectivity index (χ2v) is 18.6. The van der Waals surface area contributed by atoms with Crippen LogP contribution in [0.4, 0.5) is 123 Å². The van der Waals surface area contributed by atoms with Gasteiger partial charge in [-0.2, -0.15) is 123 Å². The summed E-state index contributed by atoms with van der Waals surface area (Å²) in [6, 6.07) is 0. The van der Waals surface area contributed by atoms with Gasteiger partial charge in [0.15, 0.2) is 11.0 Å². The third-order valence-electron chi connectivity index (χ3n) is 7.37. The minimum Gasteiger partial charge on any atom is -0.386 e. The van der Waals surface area contributed by atoms with Crippen molar-refractivity contribution in [3.05, 3.63) is 0 Å². The molecule has 0 aromatic rings. The highest BCUT2D eigenvalue weighted by atomic mass is 32.2. The lowest BCUT2D eigenvalue weighted by molar-refractivity contribution is -0.873. The molecule has 0 rings (SSSR count). The van der Waals surface area contributed by atoms with Crippen molar-refractivity contribution in [1.29, 1.82) is 0 Å². The number of rotatable bonds is 21. The summed E-state index contributed by atoms with van der Waals surface area (Å²) in [4.78, 5) is 0. The molecule has 5 nitrogen and oxygen atoms in total. The van der Waals surface area contributed by atoms with Crippen LogP contribution >= 0.6 is 23.5 Å². The number of aliphatic hydroxyl groups is 1. The first-order chi connectivity index (χ1) is 26.3. The van der Waals surface area contributed by atoms with Crippen LogP contribution in [0.25, 0.3) is 0 Å². The van der Waals surface area contributed by atoms with E-state index in [-0.39, 0.29) is 22.8 Å². The van der Waals surface area contributed by atoms with Crippen molar-refractivity contribution in [2.24, 2.45) is 0 Å². The molecule has 0 aromatic heterocycles. The van der Waals surface area contributed by atoms with Crippen molar-refractivity contribution in [2.75, 3.05) is 39.2 Å². The largest absolute Gasteiger partial charge is 0.460 e. The summed E-state index contributed by atoms with van der Waals surface area (Å²) in [5.74, 6) is -77.9. The zero-order valence-corrected chi connectivity index (χ0v) is 33.2. The Hall–Kier alpha value is -1.43. The molecule has 0 amide bonds. The smallest absolute Gasteiger partial charge is 0.386 e. The number of hydrogen-bond acceptors (Lipinski definition) is 5. The van der Waals surface area contributed by atoms with Crippen LogP contribution in [0.2, 0.25) is 0 Å². The average Bonchev–Trinajstić information content (AvgIpc) is 2.99. The maximum absolute atomic E-state index is 13.6. The Labute approximate surface area is 338 Å². The van der Waals surface area contributed by atoms with Gasteiger partial charge >= 0.3 is 71.6 Å². The van der Waals surface area contributed by atoms with Gasteiger partial charge in [-0.05, 0) is 13.8 Å². The zero-order valence-electron chi connectivity index (χ0n) is 30.7. The van der Waals surface area contributed by atoms with Crippen molar-refractivity contribution in [3.8, 4) is 0 Å². The first-order valence-electron chi connectivity index (χ1n) is 15.2. The van der Waals surface area contributed by atoms with Gasteiger partial charge in [0.2, 0.25) is 0 Å². The molecule has 0 aromatic carbocycles. The van der Waals surface area contributed by atoms with Gasteiger partial charge in [-0.3, -0.25) is 4.55 Å². The number of alkyl halides is 28. The van der Waals surface area contributed by atoms with E-state index in [1.807, 2.05) is 0 Å². The number of likely N-dealkylation sites (N-methyl/N-ethyl adjacent to an activating group) is 1. The third kappa shape index (κ3) is 12.7. The molecular weight excluding hydrogens is 1020 g/mol. The van der Waals surface area contributed by atoms with E-state index in [9.17, 15) is 136 Å². The molecule has 36 heteroatoms. The molecule has 62 heavy (non-hydrogen) atoms. The van der Waals surface area contributed by atoms with Crippen LogP contribution in [0.15, 0.2) is 0 Å². The van der Waals surface area contributed by atoms with Gasteiger partial charge in [0.25, 0.3) is 10.1 Å². The Kier molecular flexibility index (Phi) is 18.9. The predicted molar refractivity (Wildman–Crippen MR) is 160 cm³/mol. The fourth-order valence-electron chi connectivity index (χ4n) is 3.65. The zero-order chi connectivity index (χ0) is 51.2. The topological polar surface area (TPSA) is 74.6 Å². The molecule has 0 spiro atoms. The maximum atomic E-state index is 13.6. The van der Waals surface area contributed by atoms with Gasteiger partial charge in [-0.25, -0.2) is 8.78 Å². The number of thioether (sulfide) groups is 2. The fraction of sp³-hybridized carbons (Fsp3) is 1.00. The van der Waals surface area contributed by atoms with Crippen molar-refractivity contribution in [2.45, 2.75) is 120 Å². The monoisotopic (exact) mass is 1050 g/mol. The van der Waals surface area contributed by atoms with Gasteiger partial charge in [0.1, 0.15) is 17.4 Å². The van der Waals surface area contributed by atoms with Crippen LogP contribution in [0, 0.1) is 0 Å². The molecule has 2 N–H and O–H groups in total. The van der Waals surface area contributed by atoms with Gasteiger partial charge in [-0.15, -0.1) is 23.5 Å². The molecule has 0 aliphatic rings. The van der Waals surface area contributed by atoms with E-state index in [2.05, 4.69) is 0 Å². The fourth-order valence-corrected chi connectivity index (χ4v) is 6.22. The summed E-state index contributed by atoms with van der Waals surface area (Å²) in [6.45, 7) is 1.26. The normalized spacial score (nSPS) is 17.3. The summed E-state index contributed by atoms with van der Waals surface area (Å²) >= 11 is -0.903. The van der Waals surface area contributed by atoms with E-state index in [0.717, 1.165) is 0 Å². The van der Waals surface area contributed by atoms with Gasteiger partial charge in [0.05, 0.1) is 34.0 Å². The molecule has 0 bridgehead atoms. The SMILES string of the molecule is CC(C)(CSC(F)CC(F)(F)C(F)(F)C(F)(F)C(F)(F)C(F)(F)C(F)(F)F)S(=O)(=O)O.C[N+](C)(C)CC(O)CSC(F)CC(F)(F)C(F)(F)C(F)(F)C(F)(F)C(F)(F)C(F)(F)F. The first-order valence-corrected chi connectivity index (χ1v) is 18.8. The van der Waals surface area contributed by atoms with Crippen LogP contribution in [0.3, 0.4) is 0 Å². The second kappa shape index (κ2) is 18.7. The first kappa shape index (κ1) is 62.7. The van der Waals surface area contributed by atoms with Crippen molar-refractivity contribution >= 4 is 33.6 Å². The van der Waals surface area contributed by atoms with Crippen molar-refractivity contribution in [3.63, 3.8) is 0 Å². The van der Waals surface area contributed by atoms with Gasteiger partial charge < -0.3 is 9.59 Å². The Balaban J connectivity index is 0. The molecule has 0 saturated carbocycles. The highest BCUT2D eigenvalue weighted by molar-refractivity contribution is 8.00. The van der Waals surface area contributed by atoms with Crippen LogP contribution in [-0.2, 0) is 10.1 Å². The molecule has 0 heterocycles. The molecule has 0 fully saturated rings. The lowest BCUT2D eigenvalue weighted by Crippen LogP contribution is -2.70. The van der Waals surface area contributed by atoms with E-state index in [1.165, 1.54) is 21.1 Å². The summed E-state index contributed by atoms with van der Waals surface area (Å²) in [7, 11) is -0.367. The predicted octanol–water partition coefficient (Wildman–Crippen LogP) is 11.0. The molecule has 376 valence electrons. The van der Waals surface area contributed by atoms with Crippen LogP contribution in [0.1, 0.15) is 26.7 Å². The Morgan fingerprint density at radius 1 is 0.484 bits per heavy atom. The molecule has 3 unspecified atom stereocenters. The van der Waals surface area contributed by atoms with Gasteiger partial charge in [-0.1, -0.05) is 0 Å². The summed E-state index contributed by atoms with van der Waals surface area (Å²) in [5.41, 5.74) is -6.63. The van der Waals surface area contributed by atoms with E-state index in [1.54, 1.807) is 0 Å². The van der Waals surface area contributed by atoms with E-state index >= 15 is 0 Å². The molecular formula is C26H30F28NO4S3+. The highest BCUT2D eigenvalue weighted by Crippen LogP contribution is 2.63. The second-order valence-electron chi connectivity index (χ2n) is 14.2. The number of halogens is 28. The van der Waals surface area contributed by atoms with Crippen LogP contribution < -0.4 is 0 Å². The molecule has 3 atom stereocenters. The minimum atomic E-state index is -8.09. The lowest BCUT2D eigenvalue weighted by Gasteiger charge is -2.40. The standard InChI is InChI=1S/C14H18F14NOS.C12H12F14O3S2/c1-29(2,3)5-7(30)6-31-8(15)4-9(16,17)10(18,19)11(20,21)12(22,23)13(24,25)14(26,27)28;1-6(2,31(27,28)29)4-30-5(13)3-7(14,15)8(16,17)9(18,19)10(20,21)11(22,23)12(24,25)26/h7-8,30H,4-6H2,1-3H3;5H,3-4H2,1-2H3,(H,27,28,29)/q+1;. The van der Waals surface area contributed by atoms with Crippen LogP contribution in [0.5, 0.6) is 0 Å². The number of quaternary nitrogens is 1. The number of aliphatic hydroxyl groups excluding tert-OH is 1. The van der Waals surface area contributed by atoms with E-state index in [0.29, 0.717) is 13.8 Å². The van der Waals surface area contributed by atoms with Gasteiger partial charge in [0, 0.05) is 11.5 Å². The third-order valence-corrected chi connectivity index (χ3v) is 11.6. The molecule has 0 aliphatic heterocycles. The Bertz CT molecular complexity index is 1580. The highest BCUT2D eigenvalue weighted by Gasteiger charge is 2.92. The van der Waals surface area contributed by atoms with Crippen molar-refractivity contribution < 1.29 is 145 Å². The number of hydrogen-bond donors (Lipinski definition) is 2.